The molecule has 0 unspecified atom stereocenters. The molecule has 0 atom stereocenters. The Labute approximate surface area is 96.9 Å². The van der Waals surface area contributed by atoms with E-state index in [9.17, 15) is 0 Å². The molecule has 16 heteroatoms. The number of hydrogen-bond acceptors (Lipinski definition) is 8. The highest BCUT2D eigenvalue weighted by Crippen LogP contribution is 2.14. The van der Waals surface area contributed by atoms with Gasteiger partial charge in [-0.3, -0.25) is 5.41 Å². The van der Waals surface area contributed by atoms with Crippen LogP contribution in [0.3, 0.4) is 0 Å². The summed E-state index contributed by atoms with van der Waals surface area (Å²) in [6.45, 7) is 0. The van der Waals surface area contributed by atoms with E-state index < -0.39 is 29.3 Å². The van der Waals surface area contributed by atoms with Crippen LogP contribution in [0.2, 0.25) is 0 Å². The van der Waals surface area contributed by atoms with Crippen molar-refractivity contribution in [2.75, 3.05) is 0 Å². The molecular weight excluding hydrogens is 241 g/mol. The first-order valence-electron chi connectivity index (χ1n) is 3.70. The van der Waals surface area contributed by atoms with E-state index in [1.807, 2.05) is 0 Å². The van der Waals surface area contributed by atoms with Gasteiger partial charge in [0.25, 0.3) is 0 Å². The van der Waals surface area contributed by atoms with Crippen LogP contribution < -0.4 is 11.5 Å². The van der Waals surface area contributed by atoms with Gasteiger partial charge in [0.05, 0.1) is 0 Å². The second-order valence-electron chi connectivity index (χ2n) is 2.33. The Morgan fingerprint density at radius 2 is 1.06 bits per heavy atom. The molecule has 0 aromatic rings. The van der Waals surface area contributed by atoms with Gasteiger partial charge in [-0.15, -0.1) is 0 Å². The summed E-state index contributed by atoms with van der Waals surface area (Å²) in [6.07, 6.45) is 0. The maximum Gasteiger partial charge on any atom is 0.612 e. The predicted molar refractivity (Wildman–Crippen MR) is 56.2 cm³/mol. The number of hydrogen-bond donors (Lipinski definition) is 5. The van der Waals surface area contributed by atoms with E-state index in [-0.39, 0.29) is 16.9 Å². The Morgan fingerprint density at radius 1 is 0.824 bits per heavy atom. The highest BCUT2D eigenvalue weighted by Gasteiger charge is 2.52. The van der Waals surface area contributed by atoms with E-state index in [2.05, 4.69) is 34.3 Å². The molecule has 2 heterocycles. The van der Waals surface area contributed by atoms with Gasteiger partial charge in [0.2, 0.25) is 0 Å². The largest absolute Gasteiger partial charge is 0.612 e. The van der Waals surface area contributed by atoms with E-state index in [4.69, 9.17) is 15.5 Å². The summed E-state index contributed by atoms with van der Waals surface area (Å²) in [5, 5.41) is 23.5. The summed E-state index contributed by atoms with van der Waals surface area (Å²) in [6, 6.07) is 0. The molecule has 12 nitrogen and oxygen atoms in total. The van der Waals surface area contributed by atoms with Gasteiger partial charge in [-0.05, 0) is 0 Å². The lowest BCUT2D eigenvalue weighted by Gasteiger charge is -2.31. The first kappa shape index (κ1) is 18.5. The second kappa shape index (κ2) is 8.29. The Bertz CT molecular complexity index is 195. The number of fused-ring (bicyclic) bond motifs is 2. The van der Waals surface area contributed by atoms with E-state index in [0.717, 1.165) is 0 Å². The molecule has 11 N–H and O–H groups in total. The average molecular weight is 252 g/mol. The molecule has 0 saturated carbocycles. The molecule has 0 amide bonds. The van der Waals surface area contributed by atoms with Crippen LogP contribution in [0.25, 0.3) is 0 Å². The fraction of sp³-hybridized carbons (Fsp3) is 0. The smallest absolute Gasteiger partial charge is 0.412 e. The Morgan fingerprint density at radius 3 is 1.29 bits per heavy atom. The van der Waals surface area contributed by atoms with E-state index in [1.165, 1.54) is 0 Å². The third kappa shape index (κ3) is 7.16. The summed E-state index contributed by atoms with van der Waals surface area (Å²) in [7, 11) is -5.20. The van der Waals surface area contributed by atoms with Crippen LogP contribution in [0.15, 0.2) is 0 Å². The van der Waals surface area contributed by atoms with Crippen molar-refractivity contribution in [3.05, 3.63) is 0 Å². The van der Waals surface area contributed by atoms with Crippen molar-refractivity contribution in [3.8, 4) is 0 Å². The first-order valence-corrected chi connectivity index (χ1v) is 3.70. The molecule has 17 heavy (non-hydrogen) atoms. The lowest BCUT2D eigenvalue weighted by Crippen LogP contribution is -2.59. The van der Waals surface area contributed by atoms with Gasteiger partial charge in [0.1, 0.15) is 0 Å². The Kier molecular flexibility index (Phi) is 9.04. The van der Waals surface area contributed by atoms with Crippen molar-refractivity contribution < 1.29 is 43.9 Å². The monoisotopic (exact) mass is 253 g/mol. The van der Waals surface area contributed by atoms with Gasteiger partial charge in [0.15, 0.2) is 5.96 Å². The summed E-state index contributed by atoms with van der Waals surface area (Å²) in [4.78, 5) is 0. The van der Waals surface area contributed by atoms with Crippen molar-refractivity contribution in [2.45, 2.75) is 0 Å². The molecule has 2 aliphatic heterocycles. The molecule has 2 fully saturated rings. The minimum absolute atomic E-state index is 0. The lowest BCUT2D eigenvalue weighted by atomic mass is 9.90. The van der Waals surface area contributed by atoms with Crippen molar-refractivity contribution in [1.29, 1.82) is 5.41 Å². The van der Waals surface area contributed by atoms with Crippen LogP contribution in [-0.2, 0) is 22.9 Å². The molecule has 0 spiro atoms. The number of nitrogens with two attached hydrogens (primary N) is 2. The number of rotatable bonds is 0. The molecule has 96 valence electrons. The topological polar surface area (TPSA) is 225 Å². The van der Waals surface area contributed by atoms with Crippen molar-refractivity contribution >= 4 is 35.2 Å². The van der Waals surface area contributed by atoms with Crippen LogP contribution in [0.1, 0.15) is 0 Å². The Hall–Kier alpha value is -0.830. The summed E-state index contributed by atoms with van der Waals surface area (Å²) >= 11 is 0. The lowest BCUT2D eigenvalue weighted by molar-refractivity contribution is 0.0834. The standard InChI is InChI=1S/CH5N3.B4H2O7.2H2O/c2-1(3)4;5-1-7-3-9-2(6)10-4(8-1)11-3;;/h(H5,2,3,4);5-6H;2*1H2. The second-order valence-corrected chi connectivity index (χ2v) is 2.33. The first-order chi connectivity index (χ1) is 6.97. The number of guanidine groups is 1. The summed E-state index contributed by atoms with van der Waals surface area (Å²) in [5.74, 6) is -0.333. The van der Waals surface area contributed by atoms with Gasteiger partial charge in [0, 0.05) is 0 Å². The van der Waals surface area contributed by atoms with Gasteiger partial charge in [-0.25, -0.2) is 0 Å². The summed E-state index contributed by atoms with van der Waals surface area (Å²) in [5.41, 5.74) is 8.94. The quantitative estimate of drug-likeness (QED) is 0.157. The molecule has 0 aromatic heterocycles. The molecule has 2 bridgehead atoms. The van der Waals surface area contributed by atoms with Crippen LogP contribution in [0, 0.1) is 5.41 Å². The summed E-state index contributed by atoms with van der Waals surface area (Å²) < 4.78 is 22.6. The highest BCUT2D eigenvalue weighted by molar-refractivity contribution is 6.74. The van der Waals surface area contributed by atoms with Gasteiger partial charge >= 0.3 is 29.3 Å². The molecular formula is CH11B4N3O9. The normalized spacial score (nSPS) is 17.3. The zero-order valence-electron chi connectivity index (χ0n) is 8.40. The van der Waals surface area contributed by atoms with Crippen LogP contribution in [0.4, 0.5) is 0 Å². The molecule has 2 rings (SSSR count). The molecule has 0 aromatic carbocycles. The maximum absolute atomic E-state index is 8.74. The molecule has 0 radical (unpaired) electrons. The van der Waals surface area contributed by atoms with E-state index in [1.54, 1.807) is 0 Å². The van der Waals surface area contributed by atoms with Crippen molar-refractivity contribution in [2.24, 2.45) is 11.5 Å². The average Bonchev–Trinajstić information content (AvgIpc) is 1.98. The minimum Gasteiger partial charge on any atom is -0.412 e. The van der Waals surface area contributed by atoms with Crippen molar-refractivity contribution in [3.63, 3.8) is 0 Å². The molecule has 2 aliphatic rings. The van der Waals surface area contributed by atoms with Crippen LogP contribution in [-0.4, -0.2) is 56.2 Å². The zero-order chi connectivity index (χ0) is 11.4. The number of nitrogens with one attached hydrogen (secondary N) is 1. The van der Waals surface area contributed by atoms with Crippen LogP contribution >= 0.6 is 0 Å². The van der Waals surface area contributed by atoms with E-state index in [0.29, 0.717) is 0 Å². The van der Waals surface area contributed by atoms with Gasteiger partial charge in [-0.1, -0.05) is 0 Å². The maximum atomic E-state index is 8.74. The zero-order valence-corrected chi connectivity index (χ0v) is 8.40. The van der Waals surface area contributed by atoms with Gasteiger partial charge in [-0.2, -0.15) is 0 Å². The van der Waals surface area contributed by atoms with Gasteiger partial charge < -0.3 is 55.3 Å². The minimum atomic E-state index is -1.45. The third-order valence-corrected chi connectivity index (χ3v) is 1.13. The predicted octanol–water partition coefficient (Wildman–Crippen LogP) is -5.79. The van der Waals surface area contributed by atoms with E-state index >= 15 is 0 Å². The molecule has 2 saturated heterocycles. The highest BCUT2D eigenvalue weighted by atomic mass is 16.9. The Balaban J connectivity index is 0. The fourth-order valence-corrected chi connectivity index (χ4v) is 0.728. The van der Waals surface area contributed by atoms with Crippen molar-refractivity contribution in [1.82, 2.24) is 0 Å². The van der Waals surface area contributed by atoms with Crippen LogP contribution in [0.5, 0.6) is 0 Å². The fourth-order valence-electron chi connectivity index (χ4n) is 0.728. The third-order valence-electron chi connectivity index (χ3n) is 1.13. The molecule has 0 aliphatic carbocycles. The SMILES string of the molecule is N=C(N)N.O.O.OB1OB2OB(O)OB(O1)O2.